The lowest BCUT2D eigenvalue weighted by molar-refractivity contribution is 0.266. The van der Waals surface area contributed by atoms with Gasteiger partial charge in [-0.2, -0.15) is 0 Å². The maximum atomic E-state index is 14.0. The van der Waals surface area contributed by atoms with E-state index in [1.807, 2.05) is 30.3 Å². The van der Waals surface area contributed by atoms with Crippen LogP contribution in [0.15, 0.2) is 46.9 Å². The van der Waals surface area contributed by atoms with Crippen molar-refractivity contribution in [2.24, 2.45) is 5.73 Å². The highest BCUT2D eigenvalue weighted by Crippen LogP contribution is 2.31. The van der Waals surface area contributed by atoms with Gasteiger partial charge in [-0.1, -0.05) is 30.3 Å². The fraction of sp³-hybridized carbons (Fsp3) is 0.200. The fourth-order valence-corrected chi connectivity index (χ4v) is 2.33. The summed E-state index contributed by atoms with van der Waals surface area (Å²) in [5.74, 6) is -0.364. The van der Waals surface area contributed by atoms with Crippen LogP contribution in [0, 0.1) is 5.82 Å². The topological polar surface area (TPSA) is 55.5 Å². The van der Waals surface area contributed by atoms with Crippen LogP contribution in [0.3, 0.4) is 0 Å². The molecule has 0 aromatic heterocycles. The molecule has 0 aliphatic heterocycles. The van der Waals surface area contributed by atoms with E-state index in [1.54, 1.807) is 6.07 Å². The van der Waals surface area contributed by atoms with Crippen LogP contribution in [-0.4, -0.2) is 11.7 Å². The van der Waals surface area contributed by atoms with Crippen LogP contribution in [0.4, 0.5) is 4.39 Å². The van der Waals surface area contributed by atoms with Gasteiger partial charge in [0.05, 0.1) is 17.1 Å². The minimum atomic E-state index is -0.607. The van der Waals surface area contributed by atoms with E-state index in [-0.39, 0.29) is 19.0 Å². The molecule has 0 radical (unpaired) electrons. The number of hydrogen-bond donors (Lipinski definition) is 2. The first-order valence-corrected chi connectivity index (χ1v) is 6.93. The summed E-state index contributed by atoms with van der Waals surface area (Å²) in [5, 5.41) is 9.00. The van der Waals surface area contributed by atoms with Crippen LogP contribution in [0.1, 0.15) is 17.2 Å². The van der Waals surface area contributed by atoms with Crippen molar-refractivity contribution in [2.75, 3.05) is 6.61 Å². The Morgan fingerprint density at radius 2 is 1.95 bits per heavy atom. The van der Waals surface area contributed by atoms with Gasteiger partial charge in [0.25, 0.3) is 0 Å². The lowest BCUT2D eigenvalue weighted by Gasteiger charge is -2.14. The molecule has 0 saturated carbocycles. The van der Waals surface area contributed by atoms with E-state index in [0.717, 1.165) is 5.56 Å². The summed E-state index contributed by atoms with van der Waals surface area (Å²) in [4.78, 5) is 0. The third-order valence-corrected chi connectivity index (χ3v) is 3.46. The van der Waals surface area contributed by atoms with Gasteiger partial charge in [-0.05, 0) is 39.2 Å². The Balaban J connectivity index is 2.16. The van der Waals surface area contributed by atoms with Gasteiger partial charge in [0, 0.05) is 0 Å². The monoisotopic (exact) mass is 339 g/mol. The predicted molar refractivity (Wildman–Crippen MR) is 78.9 cm³/mol. The van der Waals surface area contributed by atoms with E-state index >= 15 is 0 Å². The Kier molecular flexibility index (Phi) is 5.11. The van der Waals surface area contributed by atoms with Crippen LogP contribution in [0.25, 0.3) is 0 Å². The number of aliphatic hydroxyl groups excluding tert-OH is 1. The van der Waals surface area contributed by atoms with Gasteiger partial charge in [0.15, 0.2) is 11.6 Å². The van der Waals surface area contributed by atoms with Gasteiger partial charge in [-0.25, -0.2) is 4.39 Å². The second kappa shape index (κ2) is 6.83. The predicted octanol–water partition coefficient (Wildman–Crippen LogP) is 3.16. The van der Waals surface area contributed by atoms with E-state index < -0.39 is 11.9 Å². The number of rotatable bonds is 5. The molecule has 0 saturated heterocycles. The summed E-state index contributed by atoms with van der Waals surface area (Å²) in [6, 6.07) is 11.8. The highest BCUT2D eigenvalue weighted by molar-refractivity contribution is 9.10. The molecule has 2 rings (SSSR count). The SMILES string of the molecule is NC(CO)c1cc(F)c(OCc2ccccc2)c(Br)c1. The average molecular weight is 340 g/mol. The van der Waals surface area contributed by atoms with Gasteiger partial charge < -0.3 is 15.6 Å². The number of ether oxygens (including phenoxy) is 1. The van der Waals surface area contributed by atoms with E-state index in [4.69, 9.17) is 15.6 Å². The molecular formula is C15H15BrFNO2. The first-order chi connectivity index (χ1) is 9.61. The van der Waals surface area contributed by atoms with Crippen LogP contribution >= 0.6 is 15.9 Å². The van der Waals surface area contributed by atoms with Crippen molar-refractivity contribution in [3.05, 3.63) is 63.9 Å². The maximum absolute atomic E-state index is 14.0. The average Bonchev–Trinajstić information content (AvgIpc) is 2.46. The zero-order valence-corrected chi connectivity index (χ0v) is 12.3. The van der Waals surface area contributed by atoms with Gasteiger partial charge in [0.2, 0.25) is 0 Å². The second-order valence-electron chi connectivity index (χ2n) is 4.38. The number of benzene rings is 2. The first kappa shape index (κ1) is 15.0. The number of nitrogens with two attached hydrogens (primary N) is 1. The van der Waals surface area contributed by atoms with Gasteiger partial charge in [-0.15, -0.1) is 0 Å². The fourth-order valence-electron chi connectivity index (χ4n) is 1.77. The molecule has 0 aliphatic carbocycles. The van der Waals surface area contributed by atoms with Crippen LogP contribution in [0.2, 0.25) is 0 Å². The molecule has 2 aromatic rings. The second-order valence-corrected chi connectivity index (χ2v) is 5.23. The molecule has 0 aliphatic rings. The van der Waals surface area contributed by atoms with Crippen molar-refractivity contribution < 1.29 is 14.2 Å². The molecule has 0 spiro atoms. The number of aliphatic hydroxyl groups is 1. The molecule has 3 N–H and O–H groups in total. The van der Waals surface area contributed by atoms with Gasteiger partial charge in [0.1, 0.15) is 6.61 Å². The Hall–Kier alpha value is -1.43. The molecule has 0 fully saturated rings. The standard InChI is InChI=1S/C15H15BrFNO2/c16-12-6-11(14(18)8-19)7-13(17)15(12)20-9-10-4-2-1-3-5-10/h1-7,14,19H,8-9,18H2. The van der Waals surface area contributed by atoms with E-state index in [0.29, 0.717) is 10.0 Å². The smallest absolute Gasteiger partial charge is 0.169 e. The largest absolute Gasteiger partial charge is 0.485 e. The van der Waals surface area contributed by atoms with Crippen LogP contribution in [-0.2, 0) is 6.61 Å². The Bertz CT molecular complexity index is 554. The summed E-state index contributed by atoms with van der Waals surface area (Å²) in [7, 11) is 0. The molecule has 3 nitrogen and oxygen atoms in total. The van der Waals surface area contributed by atoms with Crippen molar-refractivity contribution in [1.82, 2.24) is 0 Å². The molecule has 1 atom stereocenters. The lowest BCUT2D eigenvalue weighted by Crippen LogP contribution is -2.15. The summed E-state index contributed by atoms with van der Waals surface area (Å²) in [6.45, 7) is 0.0395. The quantitative estimate of drug-likeness (QED) is 0.879. The van der Waals surface area contributed by atoms with Gasteiger partial charge >= 0.3 is 0 Å². The van der Waals surface area contributed by atoms with Crippen LogP contribution < -0.4 is 10.5 Å². The van der Waals surface area contributed by atoms with Crippen molar-refractivity contribution in [3.63, 3.8) is 0 Å². The summed E-state index contributed by atoms with van der Waals surface area (Å²) >= 11 is 3.27. The highest BCUT2D eigenvalue weighted by atomic mass is 79.9. The maximum Gasteiger partial charge on any atom is 0.169 e. The van der Waals surface area contributed by atoms with E-state index in [9.17, 15) is 4.39 Å². The molecule has 20 heavy (non-hydrogen) atoms. The molecule has 1 unspecified atom stereocenters. The summed E-state index contributed by atoms with van der Waals surface area (Å²) < 4.78 is 20.0. The Morgan fingerprint density at radius 1 is 1.25 bits per heavy atom. The van der Waals surface area contributed by atoms with Crippen molar-refractivity contribution in [1.29, 1.82) is 0 Å². The normalized spacial score (nSPS) is 12.2. The third-order valence-electron chi connectivity index (χ3n) is 2.87. The van der Waals surface area contributed by atoms with Gasteiger partial charge in [-0.3, -0.25) is 0 Å². The van der Waals surface area contributed by atoms with Crippen molar-refractivity contribution in [3.8, 4) is 5.75 Å². The molecule has 106 valence electrons. The molecule has 0 amide bonds. The number of halogens is 2. The molecule has 5 heteroatoms. The van der Waals surface area contributed by atoms with Crippen molar-refractivity contribution >= 4 is 15.9 Å². The zero-order valence-electron chi connectivity index (χ0n) is 10.7. The van der Waals surface area contributed by atoms with Crippen molar-refractivity contribution in [2.45, 2.75) is 12.6 Å². The van der Waals surface area contributed by atoms with Crippen LogP contribution in [0.5, 0.6) is 5.75 Å². The molecule has 2 aromatic carbocycles. The third kappa shape index (κ3) is 3.56. The Labute approximate surface area is 125 Å². The molecule has 0 bridgehead atoms. The molecular weight excluding hydrogens is 325 g/mol. The molecule has 0 heterocycles. The summed E-state index contributed by atoms with van der Waals surface area (Å²) in [6.07, 6.45) is 0. The van der Waals surface area contributed by atoms with E-state index in [2.05, 4.69) is 15.9 Å². The lowest BCUT2D eigenvalue weighted by atomic mass is 10.1. The van der Waals surface area contributed by atoms with E-state index in [1.165, 1.54) is 6.07 Å². The first-order valence-electron chi connectivity index (χ1n) is 6.14. The number of hydrogen-bond acceptors (Lipinski definition) is 3. The minimum absolute atomic E-state index is 0.141. The summed E-state index contributed by atoms with van der Waals surface area (Å²) in [5.41, 5.74) is 7.14. The highest BCUT2D eigenvalue weighted by Gasteiger charge is 2.14. The zero-order chi connectivity index (χ0) is 14.5. The Morgan fingerprint density at radius 3 is 2.55 bits per heavy atom. The minimum Gasteiger partial charge on any atom is -0.485 e.